The van der Waals surface area contributed by atoms with Crippen LogP contribution in [0, 0.1) is 6.92 Å². The molecule has 0 bridgehead atoms. The summed E-state index contributed by atoms with van der Waals surface area (Å²) < 4.78 is 38.1. The Kier molecular flexibility index (Phi) is 4.59. The van der Waals surface area contributed by atoms with Gasteiger partial charge in [-0.2, -0.15) is 13.2 Å². The minimum atomic E-state index is -4.18. The van der Waals surface area contributed by atoms with Gasteiger partial charge in [-0.05, 0) is 33.2 Å². The van der Waals surface area contributed by atoms with Gasteiger partial charge in [-0.25, -0.2) is 4.98 Å². The average Bonchev–Trinajstić information content (AvgIpc) is 3.08. The van der Waals surface area contributed by atoms with Gasteiger partial charge in [-0.1, -0.05) is 18.3 Å². The van der Waals surface area contributed by atoms with Gasteiger partial charge in [0.25, 0.3) is 0 Å². The van der Waals surface area contributed by atoms with E-state index in [1.807, 2.05) is 20.8 Å². The lowest BCUT2D eigenvalue weighted by Crippen LogP contribution is -2.35. The molecule has 1 heterocycles. The summed E-state index contributed by atoms with van der Waals surface area (Å²) in [6, 6.07) is 0.127. The van der Waals surface area contributed by atoms with Gasteiger partial charge in [0.05, 0.1) is 5.69 Å². The van der Waals surface area contributed by atoms with Crippen molar-refractivity contribution in [3.8, 4) is 0 Å². The summed E-state index contributed by atoms with van der Waals surface area (Å²) in [5.41, 5.74) is 0.825. The maximum absolute atomic E-state index is 12.7. The van der Waals surface area contributed by atoms with Gasteiger partial charge >= 0.3 is 6.18 Å². The molecule has 1 aromatic rings. The first kappa shape index (κ1) is 15.6. The quantitative estimate of drug-likeness (QED) is 0.869. The average molecular weight is 307 g/mol. The molecule has 7 heteroatoms. The molecule has 1 aliphatic rings. The highest BCUT2D eigenvalue weighted by atomic mass is 32.1. The number of rotatable bonds is 6. The molecular weight excluding hydrogens is 287 g/mol. The Morgan fingerprint density at radius 1 is 1.45 bits per heavy atom. The molecule has 1 aromatic heterocycles. The highest BCUT2D eigenvalue weighted by Gasteiger charge is 2.39. The molecule has 0 spiro atoms. The second-order valence-electron chi connectivity index (χ2n) is 5.20. The molecule has 1 unspecified atom stereocenters. The van der Waals surface area contributed by atoms with Gasteiger partial charge in [-0.3, -0.25) is 0 Å². The standard InChI is InChI=1S/C13H20F3N3S/c1-4-17-8(2)11-9(3)18-12(20-11)19(10-5-6-10)7-13(14,15)16/h8,10,17H,4-7H2,1-3H3. The summed E-state index contributed by atoms with van der Waals surface area (Å²) in [5, 5.41) is 3.78. The molecule has 1 saturated carbocycles. The smallest absolute Gasteiger partial charge is 0.336 e. The van der Waals surface area contributed by atoms with Gasteiger partial charge in [-0.15, -0.1) is 0 Å². The van der Waals surface area contributed by atoms with Crippen molar-refractivity contribution in [3.05, 3.63) is 10.6 Å². The maximum atomic E-state index is 12.7. The Balaban J connectivity index is 2.19. The number of anilines is 1. The van der Waals surface area contributed by atoms with E-state index in [1.165, 1.54) is 16.2 Å². The first-order valence-corrected chi connectivity index (χ1v) is 7.67. The minimum absolute atomic E-state index is 0.00413. The second-order valence-corrected chi connectivity index (χ2v) is 6.21. The normalized spacial score (nSPS) is 17.3. The van der Waals surface area contributed by atoms with E-state index in [1.54, 1.807) is 0 Å². The van der Waals surface area contributed by atoms with Gasteiger partial charge in [0.2, 0.25) is 0 Å². The van der Waals surface area contributed by atoms with Crippen LogP contribution in [0.15, 0.2) is 0 Å². The lowest BCUT2D eigenvalue weighted by Gasteiger charge is -2.22. The topological polar surface area (TPSA) is 28.2 Å². The summed E-state index contributed by atoms with van der Waals surface area (Å²) in [6.45, 7) is 5.80. The van der Waals surface area contributed by atoms with Gasteiger partial charge in [0.1, 0.15) is 6.54 Å². The molecule has 0 radical (unpaired) electrons. The zero-order valence-electron chi connectivity index (χ0n) is 11.9. The summed E-state index contributed by atoms with van der Waals surface area (Å²) in [4.78, 5) is 6.80. The van der Waals surface area contributed by atoms with Crippen molar-refractivity contribution in [2.75, 3.05) is 18.0 Å². The van der Waals surface area contributed by atoms with E-state index in [9.17, 15) is 13.2 Å². The fourth-order valence-electron chi connectivity index (χ4n) is 2.25. The molecule has 3 nitrogen and oxygen atoms in total. The van der Waals surface area contributed by atoms with Crippen molar-refractivity contribution >= 4 is 16.5 Å². The predicted molar refractivity (Wildman–Crippen MR) is 75.4 cm³/mol. The largest absolute Gasteiger partial charge is 0.406 e. The molecule has 1 N–H and O–H groups in total. The van der Waals surface area contributed by atoms with Crippen LogP contribution in [-0.2, 0) is 0 Å². The fraction of sp³-hybridized carbons (Fsp3) is 0.769. The highest BCUT2D eigenvalue weighted by molar-refractivity contribution is 7.15. The number of thiazole rings is 1. The molecule has 1 atom stereocenters. The second kappa shape index (κ2) is 5.89. The van der Waals surface area contributed by atoms with Crippen molar-refractivity contribution in [1.29, 1.82) is 0 Å². The van der Waals surface area contributed by atoms with Crippen molar-refractivity contribution in [3.63, 3.8) is 0 Å². The van der Waals surface area contributed by atoms with Crippen LogP contribution in [0.5, 0.6) is 0 Å². The number of aromatic nitrogens is 1. The van der Waals surface area contributed by atoms with Crippen molar-refractivity contribution in [2.24, 2.45) is 0 Å². The number of alkyl halides is 3. The number of nitrogens with zero attached hydrogens (tertiary/aromatic N) is 2. The van der Waals surface area contributed by atoms with Crippen LogP contribution >= 0.6 is 11.3 Å². The number of hydrogen-bond acceptors (Lipinski definition) is 4. The molecule has 2 rings (SSSR count). The van der Waals surface area contributed by atoms with Crippen LogP contribution in [0.25, 0.3) is 0 Å². The molecule has 114 valence electrons. The first-order valence-electron chi connectivity index (χ1n) is 6.86. The maximum Gasteiger partial charge on any atom is 0.406 e. The summed E-state index contributed by atoms with van der Waals surface area (Å²) >= 11 is 1.38. The van der Waals surface area contributed by atoms with E-state index < -0.39 is 12.7 Å². The zero-order valence-corrected chi connectivity index (χ0v) is 12.7. The summed E-state index contributed by atoms with van der Waals surface area (Å²) in [6.07, 6.45) is -2.53. The summed E-state index contributed by atoms with van der Waals surface area (Å²) in [5.74, 6) is 0. The molecule has 20 heavy (non-hydrogen) atoms. The van der Waals surface area contributed by atoms with Gasteiger partial charge < -0.3 is 10.2 Å². The third-order valence-corrected chi connectivity index (χ3v) is 4.69. The van der Waals surface area contributed by atoms with Crippen molar-refractivity contribution < 1.29 is 13.2 Å². The lowest BCUT2D eigenvalue weighted by molar-refractivity contribution is -0.120. The van der Waals surface area contributed by atoms with E-state index >= 15 is 0 Å². The molecule has 1 fully saturated rings. The van der Waals surface area contributed by atoms with E-state index in [4.69, 9.17) is 0 Å². The summed E-state index contributed by atoms with van der Waals surface area (Å²) in [7, 11) is 0. The van der Waals surface area contributed by atoms with E-state index in [0.717, 1.165) is 30.0 Å². The van der Waals surface area contributed by atoms with Crippen LogP contribution in [-0.4, -0.2) is 30.3 Å². The zero-order chi connectivity index (χ0) is 14.9. The molecular formula is C13H20F3N3S. The van der Waals surface area contributed by atoms with Crippen LogP contribution in [0.2, 0.25) is 0 Å². The van der Waals surface area contributed by atoms with E-state index in [2.05, 4.69) is 10.3 Å². The Hall–Kier alpha value is -0.820. The molecule has 0 amide bonds. The lowest BCUT2D eigenvalue weighted by atomic mass is 10.2. The van der Waals surface area contributed by atoms with E-state index in [0.29, 0.717) is 5.13 Å². The predicted octanol–water partition coefficient (Wildman–Crippen LogP) is 3.65. The Morgan fingerprint density at radius 2 is 2.10 bits per heavy atom. The molecule has 0 saturated heterocycles. The number of aryl methyl sites for hydroxylation is 1. The molecule has 0 aromatic carbocycles. The minimum Gasteiger partial charge on any atom is -0.336 e. The first-order chi connectivity index (χ1) is 9.31. The third-order valence-electron chi connectivity index (χ3n) is 3.31. The third kappa shape index (κ3) is 3.85. The SMILES string of the molecule is CCNC(C)c1sc(N(CC(F)(F)F)C2CC2)nc1C. The van der Waals surface area contributed by atoms with Crippen LogP contribution < -0.4 is 10.2 Å². The van der Waals surface area contributed by atoms with E-state index in [-0.39, 0.29) is 12.1 Å². The monoisotopic (exact) mass is 307 g/mol. The Labute approximate surface area is 121 Å². The van der Waals surface area contributed by atoms with Crippen LogP contribution in [0.4, 0.5) is 18.3 Å². The number of nitrogens with one attached hydrogen (secondary N) is 1. The van der Waals surface area contributed by atoms with Gasteiger partial charge in [0, 0.05) is 17.0 Å². The van der Waals surface area contributed by atoms with Crippen molar-refractivity contribution in [2.45, 2.75) is 51.9 Å². The highest BCUT2D eigenvalue weighted by Crippen LogP contribution is 2.38. The fourth-order valence-corrected chi connectivity index (χ4v) is 3.41. The van der Waals surface area contributed by atoms with Crippen molar-refractivity contribution in [1.82, 2.24) is 10.3 Å². The van der Waals surface area contributed by atoms with Crippen LogP contribution in [0.3, 0.4) is 0 Å². The Morgan fingerprint density at radius 3 is 2.60 bits per heavy atom. The molecule has 0 aliphatic heterocycles. The number of hydrogen-bond donors (Lipinski definition) is 1. The van der Waals surface area contributed by atoms with Gasteiger partial charge in [0.15, 0.2) is 5.13 Å². The molecule has 1 aliphatic carbocycles. The Bertz CT molecular complexity index is 454. The van der Waals surface area contributed by atoms with Crippen LogP contribution in [0.1, 0.15) is 43.3 Å². The number of halogens is 3.